The molecule has 7 heteroatoms. The third-order valence-corrected chi connectivity index (χ3v) is 4.07. The molecule has 2 rings (SSSR count). The first kappa shape index (κ1) is 15.8. The Hall–Kier alpha value is -1.63. The van der Waals surface area contributed by atoms with Gasteiger partial charge in [-0.05, 0) is 48.4 Å². The van der Waals surface area contributed by atoms with Gasteiger partial charge >= 0.3 is 0 Å². The van der Waals surface area contributed by atoms with Gasteiger partial charge in [0.2, 0.25) is 10.0 Å². The Morgan fingerprint density at radius 1 is 1.24 bits per heavy atom. The van der Waals surface area contributed by atoms with Gasteiger partial charge < -0.3 is 4.74 Å². The quantitative estimate of drug-likeness (QED) is 0.937. The number of nitrogens with two attached hydrogens (primary N) is 1. The summed E-state index contributed by atoms with van der Waals surface area (Å²) in [4.78, 5) is 0.0184. The van der Waals surface area contributed by atoms with Crippen molar-refractivity contribution in [1.82, 2.24) is 0 Å². The van der Waals surface area contributed by atoms with Crippen molar-refractivity contribution in [3.8, 4) is 5.75 Å². The Bertz CT molecular complexity index is 778. The molecule has 2 aromatic rings. The Kier molecular flexibility index (Phi) is 4.51. The first-order valence-electron chi connectivity index (χ1n) is 5.97. The molecular formula is C14H13ClFNO3S. The van der Waals surface area contributed by atoms with Crippen LogP contribution < -0.4 is 9.88 Å². The highest BCUT2D eigenvalue weighted by Gasteiger charge is 2.10. The van der Waals surface area contributed by atoms with Crippen LogP contribution in [-0.4, -0.2) is 8.42 Å². The van der Waals surface area contributed by atoms with Gasteiger partial charge in [0.25, 0.3) is 0 Å². The van der Waals surface area contributed by atoms with Crippen LogP contribution in [-0.2, 0) is 16.6 Å². The van der Waals surface area contributed by atoms with Crippen molar-refractivity contribution in [1.29, 1.82) is 0 Å². The largest absolute Gasteiger partial charge is 0.489 e. The maximum absolute atomic E-state index is 13.3. The zero-order valence-electron chi connectivity index (χ0n) is 11.1. The third kappa shape index (κ3) is 3.93. The number of hydrogen-bond acceptors (Lipinski definition) is 3. The van der Waals surface area contributed by atoms with Gasteiger partial charge in [-0.15, -0.1) is 0 Å². The summed E-state index contributed by atoms with van der Waals surface area (Å²) >= 11 is 5.60. The molecule has 4 nitrogen and oxygen atoms in total. The second kappa shape index (κ2) is 6.01. The normalized spacial score (nSPS) is 11.4. The van der Waals surface area contributed by atoms with Crippen LogP contribution in [0.4, 0.5) is 4.39 Å². The van der Waals surface area contributed by atoms with E-state index in [4.69, 9.17) is 21.5 Å². The average molecular weight is 330 g/mol. The number of aryl methyl sites for hydroxylation is 1. The van der Waals surface area contributed by atoms with Gasteiger partial charge in [0.05, 0.1) is 9.92 Å². The fraction of sp³-hybridized carbons (Fsp3) is 0.143. The van der Waals surface area contributed by atoms with Crippen LogP contribution in [0.15, 0.2) is 41.3 Å². The summed E-state index contributed by atoms with van der Waals surface area (Å²) in [5, 5.41) is 5.10. The van der Waals surface area contributed by atoms with E-state index in [1.807, 2.05) is 0 Å². The van der Waals surface area contributed by atoms with Crippen LogP contribution in [0.25, 0.3) is 0 Å². The summed E-state index contributed by atoms with van der Waals surface area (Å²) in [6, 6.07) is 8.69. The van der Waals surface area contributed by atoms with Crippen molar-refractivity contribution in [3.05, 3.63) is 58.4 Å². The highest BCUT2D eigenvalue weighted by molar-refractivity contribution is 7.89. The lowest BCUT2D eigenvalue weighted by Crippen LogP contribution is -2.12. The summed E-state index contributed by atoms with van der Waals surface area (Å²) in [5.74, 6) is -0.0168. The Morgan fingerprint density at radius 2 is 1.95 bits per heavy atom. The molecule has 112 valence electrons. The summed E-state index contributed by atoms with van der Waals surface area (Å²) in [5.41, 5.74) is 1.24. The molecule has 0 unspecified atom stereocenters. The zero-order chi connectivity index (χ0) is 15.6. The minimum atomic E-state index is -3.74. The summed E-state index contributed by atoms with van der Waals surface area (Å²) in [7, 11) is -3.74. The number of halogens is 2. The molecule has 0 atom stereocenters. The molecule has 0 bridgehead atoms. The highest BCUT2D eigenvalue weighted by atomic mass is 35.5. The minimum absolute atomic E-state index is 0.0184. The van der Waals surface area contributed by atoms with Crippen LogP contribution in [0.3, 0.4) is 0 Å². The van der Waals surface area contributed by atoms with Crippen molar-refractivity contribution >= 4 is 21.6 Å². The lowest BCUT2D eigenvalue weighted by atomic mass is 10.2. The van der Waals surface area contributed by atoms with Gasteiger partial charge in [0.15, 0.2) is 0 Å². The molecule has 0 fully saturated rings. The molecule has 21 heavy (non-hydrogen) atoms. The van der Waals surface area contributed by atoms with Crippen molar-refractivity contribution in [2.75, 3.05) is 0 Å². The van der Waals surface area contributed by atoms with Crippen molar-refractivity contribution in [3.63, 3.8) is 0 Å². The lowest BCUT2D eigenvalue weighted by molar-refractivity contribution is 0.303. The second-order valence-electron chi connectivity index (χ2n) is 4.51. The molecule has 0 heterocycles. The molecule has 0 amide bonds. The molecule has 2 aromatic carbocycles. The topological polar surface area (TPSA) is 69.4 Å². The Labute approximate surface area is 127 Å². The second-order valence-corrected chi connectivity index (χ2v) is 6.48. The number of ether oxygens (including phenoxy) is 1. The fourth-order valence-electron chi connectivity index (χ4n) is 1.75. The lowest BCUT2D eigenvalue weighted by Gasteiger charge is -2.10. The molecule has 0 saturated heterocycles. The van der Waals surface area contributed by atoms with E-state index in [0.717, 1.165) is 0 Å². The Balaban J connectivity index is 2.15. The average Bonchev–Trinajstić information content (AvgIpc) is 2.40. The van der Waals surface area contributed by atoms with Crippen LogP contribution in [0.1, 0.15) is 11.1 Å². The van der Waals surface area contributed by atoms with E-state index >= 15 is 0 Å². The summed E-state index contributed by atoms with van der Waals surface area (Å²) in [6.45, 7) is 1.84. The number of sulfonamides is 1. The highest BCUT2D eigenvalue weighted by Crippen LogP contribution is 2.23. The van der Waals surface area contributed by atoms with E-state index in [0.29, 0.717) is 16.9 Å². The third-order valence-electron chi connectivity index (χ3n) is 2.85. The van der Waals surface area contributed by atoms with Crippen LogP contribution in [0.2, 0.25) is 5.02 Å². The summed E-state index contributed by atoms with van der Waals surface area (Å²) < 4.78 is 41.3. The molecule has 0 saturated carbocycles. The van der Waals surface area contributed by atoms with Crippen molar-refractivity contribution < 1.29 is 17.5 Å². The predicted octanol–water partition coefficient (Wildman–Crippen LogP) is 3.01. The molecule has 0 aromatic heterocycles. The maximum atomic E-state index is 13.3. The molecule has 0 radical (unpaired) electrons. The van der Waals surface area contributed by atoms with Gasteiger partial charge in [0, 0.05) is 0 Å². The first-order valence-corrected chi connectivity index (χ1v) is 7.90. The van der Waals surface area contributed by atoms with E-state index in [-0.39, 0.29) is 16.5 Å². The number of rotatable bonds is 4. The van der Waals surface area contributed by atoms with Crippen molar-refractivity contribution in [2.24, 2.45) is 5.14 Å². The predicted molar refractivity (Wildman–Crippen MR) is 78.3 cm³/mol. The molecule has 2 N–H and O–H groups in total. The van der Waals surface area contributed by atoms with Gasteiger partial charge in [-0.2, -0.15) is 0 Å². The Morgan fingerprint density at radius 3 is 2.52 bits per heavy atom. The van der Waals surface area contributed by atoms with Crippen molar-refractivity contribution in [2.45, 2.75) is 18.4 Å². The maximum Gasteiger partial charge on any atom is 0.238 e. The molecule has 0 aliphatic rings. The molecular weight excluding hydrogens is 317 g/mol. The molecule has 0 spiro atoms. The van der Waals surface area contributed by atoms with Crippen LogP contribution >= 0.6 is 11.6 Å². The monoisotopic (exact) mass is 329 g/mol. The minimum Gasteiger partial charge on any atom is -0.489 e. The van der Waals surface area contributed by atoms with E-state index in [2.05, 4.69) is 0 Å². The van der Waals surface area contributed by atoms with Gasteiger partial charge in [-0.25, -0.2) is 17.9 Å². The number of primary sulfonamides is 1. The first-order chi connectivity index (χ1) is 9.77. The van der Waals surface area contributed by atoms with Crippen LogP contribution in [0.5, 0.6) is 5.75 Å². The SMILES string of the molecule is Cc1cc(S(N)(=O)=O)ccc1OCc1ccc(Cl)c(F)c1. The van der Waals surface area contributed by atoms with Gasteiger partial charge in [0.1, 0.15) is 18.2 Å². The van der Waals surface area contributed by atoms with E-state index in [1.54, 1.807) is 13.0 Å². The number of hydrogen-bond donors (Lipinski definition) is 1. The van der Waals surface area contributed by atoms with Gasteiger partial charge in [-0.3, -0.25) is 0 Å². The molecule has 0 aliphatic carbocycles. The molecule has 0 aliphatic heterocycles. The van der Waals surface area contributed by atoms with E-state index in [1.165, 1.54) is 30.3 Å². The smallest absolute Gasteiger partial charge is 0.238 e. The van der Waals surface area contributed by atoms with Gasteiger partial charge in [-0.1, -0.05) is 17.7 Å². The van der Waals surface area contributed by atoms with E-state index in [9.17, 15) is 12.8 Å². The van der Waals surface area contributed by atoms with Crippen LogP contribution in [0, 0.1) is 12.7 Å². The number of benzene rings is 2. The standard InChI is InChI=1S/C14H13ClFNO3S/c1-9-6-11(21(17,18)19)3-5-14(9)20-8-10-2-4-12(15)13(16)7-10/h2-7H,8H2,1H3,(H2,17,18,19). The van der Waals surface area contributed by atoms with E-state index < -0.39 is 15.8 Å². The summed E-state index contributed by atoms with van der Waals surface area (Å²) in [6.07, 6.45) is 0. The fourth-order valence-corrected chi connectivity index (χ4v) is 2.47. The zero-order valence-corrected chi connectivity index (χ0v) is 12.7.